The summed E-state index contributed by atoms with van der Waals surface area (Å²) in [5.41, 5.74) is 4.60. The highest BCUT2D eigenvalue weighted by Crippen LogP contribution is 2.42. The smallest absolute Gasteiger partial charge is 0.260 e. The van der Waals surface area contributed by atoms with Gasteiger partial charge in [-0.3, -0.25) is 9.69 Å². The van der Waals surface area contributed by atoms with E-state index in [4.69, 9.17) is 9.47 Å². The number of halogens is 1. The molecule has 1 fully saturated rings. The summed E-state index contributed by atoms with van der Waals surface area (Å²) in [7, 11) is 2.08. The van der Waals surface area contributed by atoms with Crippen molar-refractivity contribution in [2.75, 3.05) is 56.7 Å². The summed E-state index contributed by atoms with van der Waals surface area (Å²) < 4.78 is 25.1. The van der Waals surface area contributed by atoms with Crippen molar-refractivity contribution in [2.24, 2.45) is 0 Å². The van der Waals surface area contributed by atoms with E-state index in [1.165, 1.54) is 12.1 Å². The zero-order chi connectivity index (χ0) is 20.7. The van der Waals surface area contributed by atoms with E-state index in [1.807, 2.05) is 12.1 Å². The average molecular weight is 409 g/mol. The largest absolute Gasteiger partial charge is 0.487 e. The Bertz CT molecular complexity index is 1030. The fourth-order valence-corrected chi connectivity index (χ4v) is 4.20. The number of morpholine rings is 1. The van der Waals surface area contributed by atoms with Crippen molar-refractivity contribution in [3.8, 4) is 0 Å². The van der Waals surface area contributed by atoms with Crippen LogP contribution in [0.3, 0.4) is 0 Å². The van der Waals surface area contributed by atoms with Crippen molar-refractivity contribution >= 4 is 28.6 Å². The number of nitrogens with zero attached hydrogens (tertiary/aromatic N) is 2. The molecule has 3 aliphatic rings. The van der Waals surface area contributed by atoms with E-state index in [1.54, 1.807) is 6.07 Å². The molecule has 0 bridgehead atoms. The molecular formula is C23H24FN3O3. The minimum Gasteiger partial charge on any atom is -0.487 e. The third kappa shape index (κ3) is 3.44. The molecule has 156 valence electrons. The van der Waals surface area contributed by atoms with Crippen LogP contribution in [0.2, 0.25) is 0 Å². The number of likely N-dealkylation sites (N-methyl/N-ethyl adjacent to an activating group) is 1. The van der Waals surface area contributed by atoms with Crippen molar-refractivity contribution in [3.63, 3.8) is 0 Å². The molecule has 0 unspecified atom stereocenters. The molecule has 0 aliphatic carbocycles. The molecule has 6 nitrogen and oxygen atoms in total. The third-order valence-electron chi connectivity index (χ3n) is 5.95. The van der Waals surface area contributed by atoms with Gasteiger partial charge < -0.3 is 19.7 Å². The molecule has 3 heterocycles. The lowest BCUT2D eigenvalue weighted by Gasteiger charge is -2.29. The maximum atomic E-state index is 13.8. The highest BCUT2D eigenvalue weighted by molar-refractivity contribution is 6.36. The van der Waals surface area contributed by atoms with Gasteiger partial charge in [0.2, 0.25) is 0 Å². The van der Waals surface area contributed by atoms with Crippen LogP contribution in [0.15, 0.2) is 36.4 Å². The number of rotatable bonds is 4. The standard InChI is InChI=1S/C23H24FN3O3/c1-26(6-7-27-8-10-29-11-9-27)17-3-4-18-15(12-17)14-30-22(18)21-19-13-16(24)2-5-20(19)25-23(21)28/h2-5,12-13H,6-11,14H2,1H3,(H,25,28). The molecule has 0 atom stereocenters. The molecule has 5 rings (SSSR count). The van der Waals surface area contributed by atoms with Crippen LogP contribution in [0.4, 0.5) is 15.8 Å². The summed E-state index contributed by atoms with van der Waals surface area (Å²) >= 11 is 0. The second kappa shape index (κ2) is 7.74. The van der Waals surface area contributed by atoms with Crippen LogP contribution in [0, 0.1) is 5.82 Å². The molecule has 1 amide bonds. The van der Waals surface area contributed by atoms with Crippen molar-refractivity contribution in [1.29, 1.82) is 0 Å². The molecule has 0 aromatic heterocycles. The zero-order valence-corrected chi connectivity index (χ0v) is 16.9. The first kappa shape index (κ1) is 19.1. The Morgan fingerprint density at radius 2 is 1.97 bits per heavy atom. The van der Waals surface area contributed by atoms with Gasteiger partial charge in [-0.15, -0.1) is 0 Å². The molecule has 0 radical (unpaired) electrons. The van der Waals surface area contributed by atoms with Gasteiger partial charge in [-0.05, 0) is 36.4 Å². The van der Waals surface area contributed by atoms with Crippen molar-refractivity contribution < 1.29 is 18.7 Å². The van der Waals surface area contributed by atoms with Gasteiger partial charge >= 0.3 is 0 Å². The Morgan fingerprint density at radius 3 is 2.80 bits per heavy atom. The summed E-state index contributed by atoms with van der Waals surface area (Å²) in [4.78, 5) is 17.2. The van der Waals surface area contributed by atoms with Gasteiger partial charge in [0, 0.05) is 61.3 Å². The van der Waals surface area contributed by atoms with Crippen LogP contribution in [0.5, 0.6) is 0 Å². The second-order valence-corrected chi connectivity index (χ2v) is 7.85. The predicted octanol–water partition coefficient (Wildman–Crippen LogP) is 2.94. The van der Waals surface area contributed by atoms with E-state index < -0.39 is 0 Å². The Labute approximate surface area is 174 Å². The van der Waals surface area contributed by atoms with E-state index >= 15 is 0 Å². The Morgan fingerprint density at radius 1 is 1.13 bits per heavy atom. The van der Waals surface area contributed by atoms with Crippen molar-refractivity contribution in [2.45, 2.75) is 6.61 Å². The Hall–Kier alpha value is -2.90. The molecule has 0 saturated carbocycles. The van der Waals surface area contributed by atoms with Gasteiger partial charge in [-0.2, -0.15) is 0 Å². The molecule has 7 heteroatoms. The number of amides is 1. The molecule has 0 spiro atoms. The number of hydrogen-bond donors (Lipinski definition) is 1. The lowest BCUT2D eigenvalue weighted by Crippen LogP contribution is -2.40. The normalized spacial score (nSPS) is 20.5. The van der Waals surface area contributed by atoms with Gasteiger partial charge in [0.25, 0.3) is 5.91 Å². The molecular weight excluding hydrogens is 385 g/mol. The van der Waals surface area contributed by atoms with E-state index in [2.05, 4.69) is 28.2 Å². The summed E-state index contributed by atoms with van der Waals surface area (Å²) in [5, 5.41) is 2.79. The molecule has 2 aromatic rings. The van der Waals surface area contributed by atoms with E-state index in [0.717, 1.165) is 56.2 Å². The van der Waals surface area contributed by atoms with Crippen molar-refractivity contribution in [1.82, 2.24) is 4.90 Å². The van der Waals surface area contributed by atoms with Gasteiger partial charge in [0.05, 0.1) is 18.8 Å². The van der Waals surface area contributed by atoms with Crippen LogP contribution in [-0.2, 0) is 20.9 Å². The predicted molar refractivity (Wildman–Crippen MR) is 114 cm³/mol. The van der Waals surface area contributed by atoms with Crippen LogP contribution in [0.25, 0.3) is 11.3 Å². The number of ether oxygens (including phenoxy) is 2. The molecule has 30 heavy (non-hydrogen) atoms. The Kier molecular flexibility index (Phi) is 4.92. The fourth-order valence-electron chi connectivity index (χ4n) is 4.20. The summed E-state index contributed by atoms with van der Waals surface area (Å²) in [6.45, 7) is 5.88. The fraction of sp³-hybridized carbons (Fsp3) is 0.348. The second-order valence-electron chi connectivity index (χ2n) is 7.85. The maximum Gasteiger partial charge on any atom is 0.260 e. The lowest BCUT2D eigenvalue weighted by molar-refractivity contribution is -0.110. The molecule has 1 saturated heterocycles. The van der Waals surface area contributed by atoms with E-state index in [-0.39, 0.29) is 11.7 Å². The number of fused-ring (bicyclic) bond motifs is 2. The Balaban J connectivity index is 1.39. The SMILES string of the molecule is CN(CCN1CCOCC1)c1ccc2c(c1)COC2=C1C(=O)Nc2ccc(F)cc21. The minimum atomic E-state index is -0.376. The quantitative estimate of drug-likeness (QED) is 0.787. The highest BCUT2D eigenvalue weighted by atomic mass is 19.1. The van der Waals surface area contributed by atoms with Gasteiger partial charge in [-0.1, -0.05) is 0 Å². The number of carbonyl (C=O) groups is 1. The first-order chi connectivity index (χ1) is 14.6. The molecule has 1 N–H and O–H groups in total. The van der Waals surface area contributed by atoms with Crippen LogP contribution < -0.4 is 10.2 Å². The number of carbonyl (C=O) groups excluding carboxylic acids is 1. The summed E-state index contributed by atoms with van der Waals surface area (Å²) in [6.07, 6.45) is 0. The van der Waals surface area contributed by atoms with Crippen LogP contribution >= 0.6 is 0 Å². The topological polar surface area (TPSA) is 54.0 Å². The number of benzene rings is 2. The van der Waals surface area contributed by atoms with Crippen molar-refractivity contribution in [3.05, 3.63) is 58.9 Å². The monoisotopic (exact) mass is 409 g/mol. The van der Waals surface area contributed by atoms with Gasteiger partial charge in [0.15, 0.2) is 0 Å². The number of anilines is 2. The molecule has 2 aromatic carbocycles. The first-order valence-electron chi connectivity index (χ1n) is 10.2. The average Bonchev–Trinajstić information content (AvgIpc) is 3.31. The van der Waals surface area contributed by atoms with Gasteiger partial charge in [-0.25, -0.2) is 4.39 Å². The van der Waals surface area contributed by atoms with E-state index in [0.29, 0.717) is 29.2 Å². The zero-order valence-electron chi connectivity index (χ0n) is 16.9. The molecule has 3 aliphatic heterocycles. The maximum absolute atomic E-state index is 13.8. The highest BCUT2D eigenvalue weighted by Gasteiger charge is 2.33. The van der Waals surface area contributed by atoms with E-state index in [9.17, 15) is 9.18 Å². The number of nitrogens with one attached hydrogen (secondary N) is 1. The number of hydrogen-bond acceptors (Lipinski definition) is 5. The summed E-state index contributed by atoms with van der Waals surface area (Å²) in [5.74, 6) is -0.113. The third-order valence-corrected chi connectivity index (χ3v) is 5.95. The summed E-state index contributed by atoms with van der Waals surface area (Å²) in [6, 6.07) is 10.5. The van der Waals surface area contributed by atoms with Crippen LogP contribution in [0.1, 0.15) is 16.7 Å². The van der Waals surface area contributed by atoms with Gasteiger partial charge in [0.1, 0.15) is 18.2 Å². The first-order valence-corrected chi connectivity index (χ1v) is 10.2. The minimum absolute atomic E-state index is 0.259. The van der Waals surface area contributed by atoms with Crippen LogP contribution in [-0.4, -0.2) is 57.2 Å². The lowest BCUT2D eigenvalue weighted by atomic mass is 10.00.